The van der Waals surface area contributed by atoms with E-state index in [0.29, 0.717) is 23.2 Å². The molecule has 0 spiro atoms. The Morgan fingerprint density at radius 2 is 1.77 bits per heavy atom. The molecular formula is C22H22N4O4. The van der Waals surface area contributed by atoms with Crippen molar-refractivity contribution in [1.82, 2.24) is 10.2 Å². The molecule has 2 unspecified atom stereocenters. The summed E-state index contributed by atoms with van der Waals surface area (Å²) in [6, 6.07) is 14.5. The van der Waals surface area contributed by atoms with Crippen molar-refractivity contribution in [2.75, 3.05) is 11.4 Å². The van der Waals surface area contributed by atoms with Crippen LogP contribution in [0.15, 0.2) is 54.6 Å². The van der Waals surface area contributed by atoms with E-state index < -0.39 is 23.5 Å². The number of anilines is 1. The molecule has 0 saturated carbocycles. The number of nitrogens with one attached hydrogen (secondary N) is 1. The van der Waals surface area contributed by atoms with Crippen molar-refractivity contribution in [2.45, 2.75) is 31.5 Å². The highest BCUT2D eigenvalue weighted by molar-refractivity contribution is 6.11. The van der Waals surface area contributed by atoms with E-state index in [4.69, 9.17) is 5.73 Å². The maximum Gasteiger partial charge on any atom is 0.258 e. The number of hydrogen-bond donors (Lipinski definition) is 2. The van der Waals surface area contributed by atoms with Crippen LogP contribution in [0.3, 0.4) is 0 Å². The number of fused-ring (bicyclic) bond motifs is 3. The summed E-state index contributed by atoms with van der Waals surface area (Å²) < 4.78 is 0. The second-order valence-corrected chi connectivity index (χ2v) is 7.67. The Kier molecular flexibility index (Phi) is 4.77. The predicted octanol–water partition coefficient (Wildman–Crippen LogP) is 1.33. The van der Waals surface area contributed by atoms with Crippen molar-refractivity contribution in [1.29, 1.82) is 0 Å². The van der Waals surface area contributed by atoms with Gasteiger partial charge in [0.05, 0.1) is 11.3 Å². The van der Waals surface area contributed by atoms with Crippen LogP contribution >= 0.6 is 0 Å². The molecule has 0 aliphatic carbocycles. The van der Waals surface area contributed by atoms with Crippen molar-refractivity contribution in [2.24, 2.45) is 5.73 Å². The number of nitrogens with zero attached hydrogens (tertiary/aromatic N) is 2. The van der Waals surface area contributed by atoms with E-state index in [9.17, 15) is 19.2 Å². The van der Waals surface area contributed by atoms with Gasteiger partial charge in [-0.05, 0) is 31.0 Å². The molecule has 2 aromatic rings. The summed E-state index contributed by atoms with van der Waals surface area (Å²) in [5.41, 5.74) is 6.01. The number of rotatable bonds is 5. The van der Waals surface area contributed by atoms with Gasteiger partial charge in [0.15, 0.2) is 0 Å². The quantitative estimate of drug-likeness (QED) is 0.780. The van der Waals surface area contributed by atoms with E-state index in [1.807, 2.05) is 0 Å². The summed E-state index contributed by atoms with van der Waals surface area (Å²) in [7, 11) is 0. The summed E-state index contributed by atoms with van der Waals surface area (Å²) in [4.78, 5) is 53.6. The fraction of sp³-hybridized carbons (Fsp3) is 0.273. The molecule has 2 heterocycles. The molecule has 2 aliphatic rings. The number of para-hydroxylation sites is 1. The van der Waals surface area contributed by atoms with E-state index in [1.54, 1.807) is 66.4 Å². The van der Waals surface area contributed by atoms with Crippen LogP contribution in [-0.2, 0) is 14.4 Å². The summed E-state index contributed by atoms with van der Waals surface area (Å²) >= 11 is 0. The summed E-state index contributed by atoms with van der Waals surface area (Å²) in [5, 5.41) is 2.62. The third-order valence-electron chi connectivity index (χ3n) is 5.77. The van der Waals surface area contributed by atoms with Crippen molar-refractivity contribution < 1.29 is 19.2 Å². The van der Waals surface area contributed by atoms with Crippen LogP contribution in [0.1, 0.15) is 41.7 Å². The molecule has 0 radical (unpaired) electrons. The van der Waals surface area contributed by atoms with Gasteiger partial charge < -0.3 is 16.0 Å². The van der Waals surface area contributed by atoms with Gasteiger partial charge >= 0.3 is 0 Å². The van der Waals surface area contributed by atoms with Gasteiger partial charge in [0.1, 0.15) is 18.2 Å². The monoisotopic (exact) mass is 406 g/mol. The van der Waals surface area contributed by atoms with Gasteiger partial charge in [0.2, 0.25) is 17.7 Å². The van der Waals surface area contributed by atoms with Crippen LogP contribution in [0.2, 0.25) is 0 Å². The Hall–Kier alpha value is -3.68. The van der Waals surface area contributed by atoms with Crippen LogP contribution < -0.4 is 16.0 Å². The third kappa shape index (κ3) is 3.10. The van der Waals surface area contributed by atoms with E-state index in [-0.39, 0.29) is 24.8 Å². The molecule has 1 saturated heterocycles. The van der Waals surface area contributed by atoms with E-state index in [2.05, 4.69) is 5.32 Å². The van der Waals surface area contributed by atoms with Gasteiger partial charge in [-0.25, -0.2) is 0 Å². The molecule has 154 valence electrons. The van der Waals surface area contributed by atoms with Crippen LogP contribution in [-0.4, -0.2) is 40.7 Å². The van der Waals surface area contributed by atoms with E-state index in [1.165, 1.54) is 4.90 Å². The molecule has 4 amide bonds. The van der Waals surface area contributed by atoms with Gasteiger partial charge in [0.25, 0.3) is 5.91 Å². The van der Waals surface area contributed by atoms with Gasteiger partial charge in [-0.1, -0.05) is 42.5 Å². The zero-order chi connectivity index (χ0) is 21.5. The lowest BCUT2D eigenvalue weighted by Crippen LogP contribution is -2.64. The van der Waals surface area contributed by atoms with E-state index in [0.717, 1.165) is 0 Å². The average Bonchev–Trinajstić information content (AvgIpc) is 3.05. The average molecular weight is 406 g/mol. The number of benzene rings is 2. The predicted molar refractivity (Wildman–Crippen MR) is 109 cm³/mol. The highest BCUT2D eigenvalue weighted by Crippen LogP contribution is 2.43. The normalized spacial score (nSPS) is 21.1. The lowest BCUT2D eigenvalue weighted by molar-refractivity contribution is -0.128. The Morgan fingerprint density at radius 1 is 1.10 bits per heavy atom. The first kappa shape index (κ1) is 19.6. The largest absolute Gasteiger partial charge is 0.368 e. The SMILES string of the molecule is CC12CCC(=O)N1c1ccccc1C(=O)N2CC(=O)NC(C(N)=O)c1ccccc1. The van der Waals surface area contributed by atoms with Gasteiger partial charge in [-0.2, -0.15) is 0 Å². The number of carbonyl (C=O) groups is 4. The zero-order valence-electron chi connectivity index (χ0n) is 16.5. The summed E-state index contributed by atoms with van der Waals surface area (Å²) in [6.45, 7) is 1.48. The molecule has 2 atom stereocenters. The third-order valence-corrected chi connectivity index (χ3v) is 5.77. The molecule has 1 fully saturated rings. The molecule has 4 rings (SSSR count). The summed E-state index contributed by atoms with van der Waals surface area (Å²) in [5.74, 6) is -1.66. The molecule has 8 heteroatoms. The maximum atomic E-state index is 13.2. The molecule has 2 aliphatic heterocycles. The van der Waals surface area contributed by atoms with Crippen LogP contribution in [0.25, 0.3) is 0 Å². The van der Waals surface area contributed by atoms with E-state index >= 15 is 0 Å². The number of amides is 4. The number of primary amides is 1. The number of hydrogen-bond acceptors (Lipinski definition) is 4. The number of nitrogens with two attached hydrogens (primary N) is 1. The highest BCUT2D eigenvalue weighted by Gasteiger charge is 2.53. The molecule has 0 aromatic heterocycles. The lowest BCUT2D eigenvalue weighted by Gasteiger charge is -2.48. The van der Waals surface area contributed by atoms with Gasteiger partial charge in [-0.3, -0.25) is 24.1 Å². The van der Waals surface area contributed by atoms with Gasteiger partial charge in [0, 0.05) is 6.42 Å². The zero-order valence-corrected chi connectivity index (χ0v) is 16.5. The Bertz CT molecular complexity index is 1040. The van der Waals surface area contributed by atoms with Crippen LogP contribution in [0.5, 0.6) is 0 Å². The standard InChI is InChI=1S/C22H22N4O4/c1-22-12-11-18(28)26(22)16-10-6-5-9-15(16)21(30)25(22)13-17(27)24-19(20(23)29)14-7-3-2-4-8-14/h2-10,19H,11-13H2,1H3,(H2,23,29)(H,24,27). The highest BCUT2D eigenvalue weighted by atomic mass is 16.2. The molecule has 30 heavy (non-hydrogen) atoms. The molecule has 8 nitrogen and oxygen atoms in total. The second-order valence-electron chi connectivity index (χ2n) is 7.67. The molecular weight excluding hydrogens is 384 g/mol. The second kappa shape index (κ2) is 7.29. The fourth-order valence-electron chi connectivity index (χ4n) is 4.26. The van der Waals surface area contributed by atoms with Gasteiger partial charge in [-0.15, -0.1) is 0 Å². The minimum absolute atomic E-state index is 0.0952. The lowest BCUT2D eigenvalue weighted by atomic mass is 9.98. The molecule has 3 N–H and O–H groups in total. The fourth-order valence-corrected chi connectivity index (χ4v) is 4.26. The number of carbonyl (C=O) groups excluding carboxylic acids is 4. The molecule has 2 aromatic carbocycles. The topological polar surface area (TPSA) is 113 Å². The van der Waals surface area contributed by atoms with Crippen molar-refractivity contribution >= 4 is 29.3 Å². The first-order chi connectivity index (χ1) is 14.3. The van der Waals surface area contributed by atoms with Crippen LogP contribution in [0.4, 0.5) is 5.69 Å². The first-order valence-corrected chi connectivity index (χ1v) is 9.70. The molecule has 0 bridgehead atoms. The summed E-state index contributed by atoms with van der Waals surface area (Å²) in [6.07, 6.45) is 0.696. The van der Waals surface area contributed by atoms with Crippen molar-refractivity contribution in [3.05, 3.63) is 65.7 Å². The smallest absolute Gasteiger partial charge is 0.258 e. The van der Waals surface area contributed by atoms with Crippen LogP contribution in [0, 0.1) is 0 Å². The maximum absolute atomic E-state index is 13.2. The minimum Gasteiger partial charge on any atom is -0.368 e. The van der Waals surface area contributed by atoms with Crippen molar-refractivity contribution in [3.8, 4) is 0 Å². The minimum atomic E-state index is -1.01. The Labute approximate surface area is 173 Å². The first-order valence-electron chi connectivity index (χ1n) is 9.70. The Balaban J connectivity index is 1.62. The van der Waals surface area contributed by atoms with Crippen molar-refractivity contribution in [3.63, 3.8) is 0 Å². The Morgan fingerprint density at radius 3 is 2.47 bits per heavy atom.